The quantitative estimate of drug-likeness (QED) is 0.688. The van der Waals surface area contributed by atoms with E-state index in [4.69, 9.17) is 12.2 Å². The summed E-state index contributed by atoms with van der Waals surface area (Å²) in [5, 5.41) is 4.64. The maximum absolute atomic E-state index is 13.0. The summed E-state index contributed by atoms with van der Waals surface area (Å²) in [6.45, 7) is 0.753. The van der Waals surface area contributed by atoms with Crippen molar-refractivity contribution in [2.75, 3.05) is 6.54 Å². The molecule has 7 heteroatoms. The van der Waals surface area contributed by atoms with Crippen molar-refractivity contribution in [2.24, 2.45) is 0 Å². The molecule has 1 atom stereocenters. The number of carbonyl (C=O) groups is 1. The number of carbonyl (C=O) groups excluding carboxylic acids is 1. The Bertz CT molecular complexity index is 1020. The molecule has 0 spiro atoms. The Morgan fingerprint density at radius 3 is 2.96 bits per heavy atom. The number of thiophene rings is 1. The molecule has 1 saturated heterocycles. The van der Waals surface area contributed by atoms with E-state index in [1.807, 2.05) is 10.3 Å². The molecule has 5 nitrogen and oxygen atoms in total. The van der Waals surface area contributed by atoms with Crippen molar-refractivity contribution in [3.8, 4) is 0 Å². The van der Waals surface area contributed by atoms with Gasteiger partial charge in [0.1, 0.15) is 0 Å². The standard InChI is InChI=1S/C17H15N3O2S2/c21-15-12-4-3-10(8-13(12)18-17(23)19-15)16(22)20-6-1-2-14(20)11-5-7-24-9-11/h3-5,7-9,14H,1-2,6H2,(H2,18,19,21,23)/t14-/m0/s1. The molecular weight excluding hydrogens is 342 g/mol. The van der Waals surface area contributed by atoms with Crippen molar-refractivity contribution < 1.29 is 4.79 Å². The molecule has 2 N–H and O–H groups in total. The molecule has 1 aliphatic rings. The van der Waals surface area contributed by atoms with Crippen LogP contribution in [0.25, 0.3) is 10.9 Å². The number of aromatic nitrogens is 2. The molecule has 0 bridgehead atoms. The molecule has 4 rings (SSSR count). The molecule has 0 saturated carbocycles. The van der Waals surface area contributed by atoms with Gasteiger partial charge in [-0.05, 0) is 65.6 Å². The van der Waals surface area contributed by atoms with Crippen molar-refractivity contribution in [1.29, 1.82) is 0 Å². The first-order valence-electron chi connectivity index (χ1n) is 7.73. The molecule has 2 aromatic heterocycles. The van der Waals surface area contributed by atoms with Crippen molar-refractivity contribution >= 4 is 40.4 Å². The summed E-state index contributed by atoms with van der Waals surface area (Å²) in [4.78, 5) is 32.3. The average Bonchev–Trinajstić information content (AvgIpc) is 3.24. The highest BCUT2D eigenvalue weighted by atomic mass is 32.1. The highest BCUT2D eigenvalue weighted by molar-refractivity contribution is 7.71. The van der Waals surface area contributed by atoms with E-state index in [0.717, 1.165) is 19.4 Å². The van der Waals surface area contributed by atoms with E-state index >= 15 is 0 Å². The Labute approximate surface area is 147 Å². The Morgan fingerprint density at radius 2 is 2.17 bits per heavy atom. The molecule has 3 heterocycles. The number of nitrogens with zero attached hydrogens (tertiary/aromatic N) is 1. The summed E-state index contributed by atoms with van der Waals surface area (Å²) in [5.41, 5.74) is 2.11. The van der Waals surface area contributed by atoms with Crippen molar-refractivity contribution in [3.63, 3.8) is 0 Å². The van der Waals surface area contributed by atoms with Gasteiger partial charge in [0.05, 0.1) is 16.9 Å². The minimum atomic E-state index is -0.245. The number of H-pyrrole nitrogens is 2. The summed E-state index contributed by atoms with van der Waals surface area (Å²) in [6, 6.07) is 7.31. The average molecular weight is 357 g/mol. The molecule has 0 radical (unpaired) electrons. The van der Waals surface area contributed by atoms with Crippen LogP contribution in [0, 0.1) is 4.77 Å². The largest absolute Gasteiger partial charge is 0.332 e. The van der Waals surface area contributed by atoms with E-state index in [-0.39, 0.29) is 22.3 Å². The molecule has 1 fully saturated rings. The SMILES string of the molecule is O=C(c1ccc2c(=O)[nH]c(=S)[nH]c2c1)N1CCC[C@H]1c1ccsc1. The number of hydrogen-bond acceptors (Lipinski definition) is 4. The lowest BCUT2D eigenvalue weighted by Gasteiger charge is -2.24. The van der Waals surface area contributed by atoms with Gasteiger partial charge in [-0.15, -0.1) is 0 Å². The van der Waals surface area contributed by atoms with E-state index < -0.39 is 0 Å². The number of fused-ring (bicyclic) bond motifs is 1. The van der Waals surface area contributed by atoms with Gasteiger partial charge in [0.25, 0.3) is 11.5 Å². The lowest BCUT2D eigenvalue weighted by molar-refractivity contribution is 0.0736. The van der Waals surface area contributed by atoms with Crippen LogP contribution >= 0.6 is 23.6 Å². The highest BCUT2D eigenvalue weighted by Gasteiger charge is 2.30. The second kappa shape index (κ2) is 5.99. The molecule has 0 unspecified atom stereocenters. The molecule has 24 heavy (non-hydrogen) atoms. The number of hydrogen-bond donors (Lipinski definition) is 2. The van der Waals surface area contributed by atoms with E-state index in [2.05, 4.69) is 21.4 Å². The zero-order chi connectivity index (χ0) is 16.7. The van der Waals surface area contributed by atoms with E-state index in [9.17, 15) is 9.59 Å². The lowest BCUT2D eigenvalue weighted by atomic mass is 10.1. The third-order valence-corrected chi connectivity index (χ3v) is 5.33. The first-order valence-corrected chi connectivity index (χ1v) is 9.08. The zero-order valence-corrected chi connectivity index (χ0v) is 14.4. The van der Waals surface area contributed by atoms with Crippen LogP contribution in [-0.2, 0) is 0 Å². The summed E-state index contributed by atoms with van der Waals surface area (Å²) in [6.07, 6.45) is 1.99. The lowest BCUT2D eigenvalue weighted by Crippen LogP contribution is -2.30. The molecule has 1 amide bonds. The number of likely N-dealkylation sites (tertiary alicyclic amines) is 1. The van der Waals surface area contributed by atoms with Gasteiger partial charge >= 0.3 is 0 Å². The van der Waals surface area contributed by atoms with Gasteiger partial charge in [-0.3, -0.25) is 14.6 Å². The van der Waals surface area contributed by atoms with Crippen LogP contribution in [0.1, 0.15) is 34.8 Å². The van der Waals surface area contributed by atoms with Gasteiger partial charge in [0.15, 0.2) is 4.77 Å². The maximum atomic E-state index is 13.0. The van der Waals surface area contributed by atoms with E-state index in [0.29, 0.717) is 16.5 Å². The molecular formula is C17H15N3O2S2. The number of rotatable bonds is 2. The first-order chi connectivity index (χ1) is 11.6. The fourth-order valence-electron chi connectivity index (χ4n) is 3.29. The van der Waals surface area contributed by atoms with Gasteiger partial charge in [0.2, 0.25) is 0 Å². The second-order valence-corrected chi connectivity index (χ2v) is 7.07. The van der Waals surface area contributed by atoms with E-state index in [1.54, 1.807) is 29.5 Å². The van der Waals surface area contributed by atoms with Crippen molar-refractivity contribution in [2.45, 2.75) is 18.9 Å². The van der Waals surface area contributed by atoms with Crippen molar-refractivity contribution in [1.82, 2.24) is 14.9 Å². The van der Waals surface area contributed by atoms with Crippen LogP contribution in [0.3, 0.4) is 0 Å². The zero-order valence-electron chi connectivity index (χ0n) is 12.7. The fraction of sp³-hybridized carbons (Fsp3) is 0.235. The minimum Gasteiger partial charge on any atom is -0.332 e. The summed E-state index contributed by atoms with van der Waals surface area (Å²) < 4.78 is 0.259. The third kappa shape index (κ3) is 2.59. The molecule has 0 aliphatic carbocycles. The number of aromatic amines is 2. The van der Waals surface area contributed by atoms with Gasteiger partial charge in [-0.1, -0.05) is 0 Å². The van der Waals surface area contributed by atoms with Crippen LogP contribution in [0.15, 0.2) is 39.8 Å². The Hall–Kier alpha value is -2.25. The number of amides is 1. The number of nitrogens with one attached hydrogen (secondary N) is 2. The maximum Gasteiger partial charge on any atom is 0.259 e. The van der Waals surface area contributed by atoms with Crippen LogP contribution < -0.4 is 5.56 Å². The normalized spacial score (nSPS) is 17.5. The molecule has 3 aromatic rings. The summed E-state index contributed by atoms with van der Waals surface area (Å²) in [7, 11) is 0. The van der Waals surface area contributed by atoms with Gasteiger partial charge in [0, 0.05) is 12.1 Å². The van der Waals surface area contributed by atoms with Gasteiger partial charge in [-0.25, -0.2) is 0 Å². The molecule has 1 aromatic carbocycles. The third-order valence-electron chi connectivity index (χ3n) is 4.43. The fourth-order valence-corrected chi connectivity index (χ4v) is 4.20. The van der Waals surface area contributed by atoms with Gasteiger partial charge < -0.3 is 9.88 Å². The van der Waals surface area contributed by atoms with E-state index in [1.165, 1.54) is 5.56 Å². The predicted molar refractivity (Wildman–Crippen MR) is 97.1 cm³/mol. The van der Waals surface area contributed by atoms with Crippen LogP contribution in [0.5, 0.6) is 0 Å². The molecule has 122 valence electrons. The summed E-state index contributed by atoms with van der Waals surface area (Å²) >= 11 is 6.66. The van der Waals surface area contributed by atoms with Crippen LogP contribution in [0.4, 0.5) is 0 Å². The Morgan fingerprint density at radius 1 is 1.29 bits per heavy atom. The van der Waals surface area contributed by atoms with Crippen LogP contribution in [-0.4, -0.2) is 27.3 Å². The van der Waals surface area contributed by atoms with Crippen LogP contribution in [0.2, 0.25) is 0 Å². The monoisotopic (exact) mass is 357 g/mol. The Kier molecular flexibility index (Phi) is 3.82. The smallest absolute Gasteiger partial charge is 0.259 e. The number of benzene rings is 1. The molecule has 1 aliphatic heterocycles. The minimum absolute atomic E-state index is 0.00907. The predicted octanol–water partition coefficient (Wildman–Crippen LogP) is 3.62. The first kappa shape index (κ1) is 15.3. The van der Waals surface area contributed by atoms with Gasteiger partial charge in [-0.2, -0.15) is 11.3 Å². The topological polar surface area (TPSA) is 69.0 Å². The second-order valence-electron chi connectivity index (χ2n) is 5.88. The highest BCUT2D eigenvalue weighted by Crippen LogP contribution is 2.34. The Balaban J connectivity index is 1.73. The van der Waals surface area contributed by atoms with Crippen molar-refractivity contribution in [3.05, 3.63) is 61.3 Å². The summed E-state index contributed by atoms with van der Waals surface area (Å²) in [5.74, 6) is -0.00907.